The van der Waals surface area contributed by atoms with Crippen molar-refractivity contribution in [2.24, 2.45) is 5.92 Å². The van der Waals surface area contributed by atoms with Crippen molar-refractivity contribution in [3.63, 3.8) is 0 Å². The highest BCUT2D eigenvalue weighted by Crippen LogP contribution is 2.48. The van der Waals surface area contributed by atoms with Gasteiger partial charge in [0.2, 0.25) is 5.91 Å². The molecule has 0 bridgehead atoms. The number of carbonyl (C=O) groups is 1. The molecule has 1 aliphatic heterocycles. The summed E-state index contributed by atoms with van der Waals surface area (Å²) >= 11 is 0. The number of likely N-dealkylation sites (N-methyl/N-ethyl adjacent to an activating group) is 1. The summed E-state index contributed by atoms with van der Waals surface area (Å²) < 4.78 is 0. The van der Waals surface area contributed by atoms with E-state index in [0.717, 1.165) is 19.0 Å². The molecular weight excluding hydrogens is 190 g/mol. The van der Waals surface area contributed by atoms with E-state index in [1.807, 2.05) is 19.0 Å². The summed E-state index contributed by atoms with van der Waals surface area (Å²) in [7, 11) is 3.83. The number of fused-ring (bicyclic) bond motifs is 1. The molecule has 1 amide bonds. The molecule has 2 unspecified atom stereocenters. The van der Waals surface area contributed by atoms with Crippen LogP contribution in [0, 0.1) is 5.92 Å². The van der Waals surface area contributed by atoms with E-state index in [-0.39, 0.29) is 11.4 Å². The Hall–Kier alpha value is -0.610. The van der Waals surface area contributed by atoms with Crippen LogP contribution in [-0.2, 0) is 4.79 Å². The maximum atomic E-state index is 11.5. The number of amides is 1. The van der Waals surface area contributed by atoms with Gasteiger partial charge in [-0.25, -0.2) is 0 Å². The van der Waals surface area contributed by atoms with Crippen LogP contribution in [0.1, 0.15) is 19.3 Å². The minimum atomic E-state index is 0.132. The molecule has 4 heteroatoms. The molecule has 2 rings (SSSR count). The summed E-state index contributed by atoms with van der Waals surface area (Å²) in [6, 6.07) is 0. The monoisotopic (exact) mass is 211 g/mol. The van der Waals surface area contributed by atoms with Gasteiger partial charge in [-0.05, 0) is 45.8 Å². The summed E-state index contributed by atoms with van der Waals surface area (Å²) in [5.41, 5.74) is 0.264. The Morgan fingerprint density at radius 2 is 2.40 bits per heavy atom. The first kappa shape index (κ1) is 10.9. The van der Waals surface area contributed by atoms with Crippen LogP contribution >= 0.6 is 0 Å². The van der Waals surface area contributed by atoms with Crippen LogP contribution in [0.5, 0.6) is 0 Å². The largest absolute Gasteiger partial charge is 0.353 e. The third-order valence-corrected chi connectivity index (χ3v) is 3.50. The molecule has 2 fully saturated rings. The zero-order valence-electron chi connectivity index (χ0n) is 9.68. The number of nitrogens with zero attached hydrogens (tertiary/aromatic N) is 1. The van der Waals surface area contributed by atoms with Gasteiger partial charge in [-0.3, -0.25) is 4.79 Å². The van der Waals surface area contributed by atoms with E-state index in [1.54, 1.807) is 0 Å². The molecule has 0 radical (unpaired) electrons. The lowest BCUT2D eigenvalue weighted by molar-refractivity contribution is -0.121. The molecule has 15 heavy (non-hydrogen) atoms. The highest BCUT2D eigenvalue weighted by Gasteiger charge is 2.54. The van der Waals surface area contributed by atoms with Gasteiger partial charge in [0.15, 0.2) is 0 Å². The zero-order chi connectivity index (χ0) is 10.9. The van der Waals surface area contributed by atoms with E-state index in [2.05, 4.69) is 10.6 Å². The number of hydrogen-bond acceptors (Lipinski definition) is 3. The van der Waals surface area contributed by atoms with Gasteiger partial charge >= 0.3 is 0 Å². The van der Waals surface area contributed by atoms with Crippen molar-refractivity contribution in [2.45, 2.75) is 24.8 Å². The molecule has 2 N–H and O–H groups in total. The maximum Gasteiger partial charge on any atom is 0.234 e. The molecule has 4 nitrogen and oxygen atoms in total. The Morgan fingerprint density at radius 1 is 1.60 bits per heavy atom. The summed E-state index contributed by atoms with van der Waals surface area (Å²) in [4.78, 5) is 13.4. The van der Waals surface area contributed by atoms with Gasteiger partial charge in [0, 0.05) is 12.1 Å². The number of hydrogen-bond donors (Lipinski definition) is 2. The molecule has 0 aromatic rings. The van der Waals surface area contributed by atoms with E-state index < -0.39 is 0 Å². The molecule has 0 spiro atoms. The molecule has 1 heterocycles. The van der Waals surface area contributed by atoms with Gasteiger partial charge < -0.3 is 15.5 Å². The van der Waals surface area contributed by atoms with Crippen molar-refractivity contribution in [1.29, 1.82) is 0 Å². The lowest BCUT2D eigenvalue weighted by Crippen LogP contribution is -2.48. The molecule has 2 aliphatic rings. The van der Waals surface area contributed by atoms with Crippen molar-refractivity contribution in [1.82, 2.24) is 15.5 Å². The summed E-state index contributed by atoms with van der Waals surface area (Å²) in [5, 5.41) is 6.57. The first-order chi connectivity index (χ1) is 7.12. The topological polar surface area (TPSA) is 44.4 Å². The van der Waals surface area contributed by atoms with Crippen LogP contribution < -0.4 is 10.6 Å². The highest BCUT2D eigenvalue weighted by atomic mass is 16.2. The van der Waals surface area contributed by atoms with Gasteiger partial charge in [-0.2, -0.15) is 0 Å². The molecule has 1 aliphatic carbocycles. The lowest BCUT2D eigenvalue weighted by atomic mass is 10.1. The fourth-order valence-corrected chi connectivity index (χ4v) is 2.54. The van der Waals surface area contributed by atoms with E-state index in [1.165, 1.54) is 19.3 Å². The van der Waals surface area contributed by atoms with Gasteiger partial charge in [-0.1, -0.05) is 0 Å². The summed E-state index contributed by atoms with van der Waals surface area (Å²) in [6.45, 7) is 2.41. The summed E-state index contributed by atoms with van der Waals surface area (Å²) in [5.74, 6) is 0.943. The van der Waals surface area contributed by atoms with Gasteiger partial charge in [0.1, 0.15) is 0 Å². The zero-order valence-corrected chi connectivity index (χ0v) is 9.68. The Bertz CT molecular complexity index is 254. The molecular formula is C11H21N3O. The SMILES string of the molecule is CN(C)CC(=O)NCC12CC1CCCN2. The lowest BCUT2D eigenvalue weighted by Gasteiger charge is -2.24. The molecule has 0 aromatic carbocycles. The second-order valence-electron chi connectivity index (χ2n) is 5.14. The van der Waals surface area contributed by atoms with Crippen molar-refractivity contribution in [3.05, 3.63) is 0 Å². The van der Waals surface area contributed by atoms with Crippen LogP contribution in [0.4, 0.5) is 0 Å². The van der Waals surface area contributed by atoms with E-state index >= 15 is 0 Å². The van der Waals surface area contributed by atoms with Crippen LogP contribution in [0.15, 0.2) is 0 Å². The predicted molar refractivity (Wildman–Crippen MR) is 59.6 cm³/mol. The minimum absolute atomic E-state index is 0.132. The van der Waals surface area contributed by atoms with Crippen LogP contribution in [0.3, 0.4) is 0 Å². The van der Waals surface area contributed by atoms with E-state index in [9.17, 15) is 4.79 Å². The number of nitrogens with one attached hydrogen (secondary N) is 2. The van der Waals surface area contributed by atoms with Gasteiger partial charge in [-0.15, -0.1) is 0 Å². The van der Waals surface area contributed by atoms with Gasteiger partial charge in [0.25, 0.3) is 0 Å². The third kappa shape index (κ3) is 2.49. The minimum Gasteiger partial charge on any atom is -0.353 e. The molecule has 1 saturated carbocycles. The fourth-order valence-electron chi connectivity index (χ4n) is 2.54. The van der Waals surface area contributed by atoms with Crippen molar-refractivity contribution in [2.75, 3.05) is 33.7 Å². The average molecular weight is 211 g/mol. The second-order valence-corrected chi connectivity index (χ2v) is 5.14. The maximum absolute atomic E-state index is 11.5. The molecule has 2 atom stereocenters. The molecule has 1 saturated heterocycles. The number of rotatable bonds is 4. The van der Waals surface area contributed by atoms with Crippen LogP contribution in [-0.4, -0.2) is 50.1 Å². The standard InChI is InChI=1S/C11H21N3O/c1-14(2)7-10(15)12-8-11-6-9(11)4-3-5-13-11/h9,13H,3-8H2,1-2H3,(H,12,15). The quantitative estimate of drug-likeness (QED) is 0.677. The normalized spacial score (nSPS) is 33.7. The Kier molecular flexibility index (Phi) is 2.98. The molecule has 0 aromatic heterocycles. The van der Waals surface area contributed by atoms with E-state index in [4.69, 9.17) is 0 Å². The Morgan fingerprint density at radius 3 is 3.07 bits per heavy atom. The first-order valence-corrected chi connectivity index (χ1v) is 5.79. The highest BCUT2D eigenvalue weighted by molar-refractivity contribution is 5.78. The smallest absolute Gasteiger partial charge is 0.234 e. The van der Waals surface area contributed by atoms with Gasteiger partial charge in [0.05, 0.1) is 6.54 Å². The second kappa shape index (κ2) is 4.10. The van der Waals surface area contributed by atoms with Crippen molar-refractivity contribution >= 4 is 5.91 Å². The molecule has 86 valence electrons. The third-order valence-electron chi connectivity index (χ3n) is 3.50. The number of piperidine rings is 1. The van der Waals surface area contributed by atoms with Crippen LogP contribution in [0.2, 0.25) is 0 Å². The summed E-state index contributed by atoms with van der Waals surface area (Å²) in [6.07, 6.45) is 3.86. The van der Waals surface area contributed by atoms with Crippen molar-refractivity contribution < 1.29 is 4.79 Å². The Balaban J connectivity index is 1.72. The van der Waals surface area contributed by atoms with Crippen molar-refractivity contribution in [3.8, 4) is 0 Å². The Labute approximate surface area is 91.4 Å². The predicted octanol–water partition coefficient (Wildman–Crippen LogP) is -0.194. The van der Waals surface area contributed by atoms with Crippen LogP contribution in [0.25, 0.3) is 0 Å². The fraction of sp³-hybridized carbons (Fsp3) is 0.909. The average Bonchev–Trinajstić information content (AvgIpc) is 2.88. The first-order valence-electron chi connectivity index (χ1n) is 5.79. The van der Waals surface area contributed by atoms with E-state index in [0.29, 0.717) is 6.54 Å². The number of carbonyl (C=O) groups excluding carboxylic acids is 1.